The average Bonchev–Trinajstić information content (AvgIpc) is 4.32. The third-order valence-electron chi connectivity index (χ3n) is 19.0. The third kappa shape index (κ3) is 8.39. The van der Waals surface area contributed by atoms with E-state index >= 15 is 0 Å². The smallest absolute Gasteiger partial charge is 0.407 e. The summed E-state index contributed by atoms with van der Waals surface area (Å²) in [5, 5.41) is 5.60. The maximum absolute atomic E-state index is 14.4. The number of rotatable bonds is 10. The lowest BCUT2D eigenvalue weighted by Gasteiger charge is -2.49. The first-order chi connectivity index (χ1) is 37.0. The van der Waals surface area contributed by atoms with Crippen LogP contribution in [-0.4, -0.2) is 104 Å². The molecule has 4 unspecified atom stereocenters. The SMILES string of the molecule is CC1C2CCC[C@H]3C[C@@H](c4nc5cc(-c6cc7ccc6CCc6ccc(c(-c8ccc9[nH]c([C@@H]%10C[C@@H]%11CCCC%12C(C)[C@H](NC(=O)OCCF)C(=O)N%10[C@@H]%12%11)nc9c8)c6)CC7)ccc5[nH]4)N(C(=O)[C@H]1NC(=O)OCCF)[C@@H]23. The minimum absolute atomic E-state index is 0.0673. The first kappa shape index (κ1) is 48.8. The van der Waals surface area contributed by atoms with Crippen molar-refractivity contribution in [2.45, 2.75) is 127 Å². The molecule has 4 bridgehead atoms. The number of amides is 4. The van der Waals surface area contributed by atoms with Crippen molar-refractivity contribution in [1.82, 2.24) is 40.4 Å². The minimum atomic E-state index is -0.779. The van der Waals surface area contributed by atoms with Gasteiger partial charge in [-0.2, -0.15) is 0 Å². The lowest BCUT2D eigenvalue weighted by atomic mass is 9.68. The second kappa shape index (κ2) is 19.6. The van der Waals surface area contributed by atoms with Crippen LogP contribution in [0.1, 0.15) is 111 Å². The van der Waals surface area contributed by atoms with E-state index in [1.807, 2.05) is 23.6 Å². The Balaban J connectivity index is 0.745. The van der Waals surface area contributed by atoms with Crippen LogP contribution in [0.15, 0.2) is 72.8 Å². The number of ether oxygens (including phenoxy) is 2. The van der Waals surface area contributed by atoms with E-state index in [4.69, 9.17) is 19.4 Å². The number of carbonyl (C=O) groups excluding carboxylic acids is 4. The molecule has 4 amide bonds. The topological polar surface area (TPSA) is 175 Å². The van der Waals surface area contributed by atoms with E-state index in [2.05, 4.69) is 93.4 Å². The molecule has 16 heteroatoms. The molecule has 6 aromatic rings. The molecule has 2 aromatic heterocycles. The summed E-state index contributed by atoms with van der Waals surface area (Å²) < 4.78 is 35.7. The predicted molar refractivity (Wildman–Crippen MR) is 282 cm³/mol. The van der Waals surface area contributed by atoms with Gasteiger partial charge in [-0.05, 0) is 168 Å². The van der Waals surface area contributed by atoms with Gasteiger partial charge in [0.25, 0.3) is 0 Å². The predicted octanol–water partition coefficient (Wildman–Crippen LogP) is 10.2. The summed E-state index contributed by atoms with van der Waals surface area (Å²) in [7, 11) is 0. The van der Waals surface area contributed by atoms with E-state index in [-0.39, 0.29) is 72.9 Å². The van der Waals surface area contributed by atoms with Crippen LogP contribution in [0.2, 0.25) is 0 Å². The minimum Gasteiger partial charge on any atom is -0.447 e. The number of carbonyl (C=O) groups is 4. The number of H-pyrrole nitrogens is 2. The number of piperidine rings is 2. The maximum Gasteiger partial charge on any atom is 0.407 e. The van der Waals surface area contributed by atoms with Gasteiger partial charge < -0.3 is 39.9 Å². The van der Waals surface area contributed by atoms with Gasteiger partial charge >= 0.3 is 12.2 Å². The number of aromatic nitrogens is 4. The molecule has 76 heavy (non-hydrogen) atoms. The molecule has 0 radical (unpaired) electrons. The number of nitrogens with one attached hydrogen (secondary N) is 4. The quantitative estimate of drug-likeness (QED) is 0.105. The van der Waals surface area contributed by atoms with Gasteiger partial charge in [-0.15, -0.1) is 0 Å². The molecule has 0 spiro atoms. The number of halogens is 2. The summed E-state index contributed by atoms with van der Waals surface area (Å²) in [6.07, 6.45) is 9.71. The summed E-state index contributed by atoms with van der Waals surface area (Å²) in [5.74, 6) is 2.34. The van der Waals surface area contributed by atoms with Crippen LogP contribution in [0, 0.1) is 35.5 Å². The molecule has 6 aliphatic carbocycles. The molecule has 396 valence electrons. The number of hydrogen-bond donors (Lipinski definition) is 4. The van der Waals surface area contributed by atoms with Gasteiger partial charge in [0.1, 0.15) is 50.3 Å². The van der Waals surface area contributed by atoms with Crippen LogP contribution in [0.4, 0.5) is 18.4 Å². The van der Waals surface area contributed by atoms with Crippen LogP contribution >= 0.6 is 0 Å². The Kier molecular flexibility index (Phi) is 12.6. The molecular formula is C60H66F2N8O6. The number of alkyl carbamates (subject to hydrolysis) is 2. The number of nitrogens with zero attached hydrogens (tertiary/aromatic N) is 4. The fraction of sp³-hybridized carbons (Fsp3) is 0.500. The largest absolute Gasteiger partial charge is 0.447 e. The molecule has 16 rings (SSSR count). The van der Waals surface area contributed by atoms with Gasteiger partial charge in [-0.3, -0.25) is 9.59 Å². The van der Waals surface area contributed by atoms with Crippen LogP contribution < -0.4 is 10.6 Å². The molecule has 14 nitrogen and oxygen atoms in total. The Hall–Kier alpha value is -6.84. The van der Waals surface area contributed by atoms with Crippen molar-refractivity contribution in [3.63, 3.8) is 0 Å². The van der Waals surface area contributed by atoms with E-state index in [0.717, 1.165) is 122 Å². The Morgan fingerprint density at radius 1 is 0.605 bits per heavy atom. The van der Waals surface area contributed by atoms with Crippen LogP contribution in [0.25, 0.3) is 44.3 Å². The molecule has 6 fully saturated rings. The van der Waals surface area contributed by atoms with Crippen LogP contribution in [0.3, 0.4) is 0 Å². The molecular weight excluding hydrogens is 967 g/mol. The van der Waals surface area contributed by atoms with Gasteiger partial charge in [-0.25, -0.2) is 28.3 Å². The fourth-order valence-corrected chi connectivity index (χ4v) is 15.5. The average molecular weight is 1030 g/mol. The zero-order valence-corrected chi connectivity index (χ0v) is 43.2. The standard InChI is InChI=1S/C60H66F2N8O6/c1-31-41-7-3-5-39-29-49(69(53(39)41)57(71)51(31)67-59(73)75-23-21-61)55-63-45-19-17-37(27-47(45)65-55)43-25-33-9-13-35(43)15-11-34-10-14-36(16-12-33)44(26-34)38-18-20-46-48(28-38)66-56(64-46)50-30-40-6-4-8-42-32(2)52(58(72)70(50)54(40)42)68-60(74)76-24-22-62/h9-10,13-14,17-20,25-28,31-32,39-42,49-54H,3-8,11-12,15-16,21-24,29-30H2,1-2H3,(H,63,65)(H,64,66)(H,67,73)(H,68,74)/t31?,32?,39-,40-,41?,42?,49-,50-,51-,52-,53+,54+/m0/s1. The molecule has 4 saturated heterocycles. The third-order valence-corrected chi connectivity index (χ3v) is 19.0. The number of benzene rings is 4. The van der Waals surface area contributed by atoms with E-state index in [1.165, 1.54) is 33.4 Å². The monoisotopic (exact) mass is 1030 g/mol. The highest BCUT2D eigenvalue weighted by Gasteiger charge is 2.59. The van der Waals surface area contributed by atoms with Gasteiger partial charge in [-0.1, -0.05) is 75.2 Å². The fourth-order valence-electron chi connectivity index (χ4n) is 15.5. The van der Waals surface area contributed by atoms with Gasteiger partial charge in [0.2, 0.25) is 11.8 Å². The van der Waals surface area contributed by atoms with E-state index in [9.17, 15) is 28.0 Å². The van der Waals surface area contributed by atoms with Gasteiger partial charge in [0.05, 0.1) is 34.2 Å². The van der Waals surface area contributed by atoms with E-state index < -0.39 is 37.6 Å². The molecule has 4 N–H and O–H groups in total. The summed E-state index contributed by atoms with van der Waals surface area (Å²) in [6, 6.07) is 24.9. The maximum atomic E-state index is 14.4. The lowest BCUT2D eigenvalue weighted by Crippen LogP contribution is -2.63. The van der Waals surface area contributed by atoms with Crippen molar-refractivity contribution in [1.29, 1.82) is 0 Å². The Bertz CT molecular complexity index is 3050. The van der Waals surface area contributed by atoms with Crippen LogP contribution in [0.5, 0.6) is 0 Å². The van der Waals surface area contributed by atoms with Crippen molar-refractivity contribution >= 4 is 46.1 Å². The van der Waals surface area contributed by atoms with Gasteiger partial charge in [0, 0.05) is 12.1 Å². The first-order valence-corrected chi connectivity index (χ1v) is 27.9. The number of hydrogen-bond acceptors (Lipinski definition) is 8. The normalized spacial score (nSPS) is 29.5. The second-order valence-electron chi connectivity index (χ2n) is 23.0. The number of alkyl halides is 2. The first-order valence-electron chi connectivity index (χ1n) is 27.9. The number of fused-ring (bicyclic) bond motifs is 2. The Labute approximate surface area is 440 Å². The van der Waals surface area contributed by atoms with Gasteiger partial charge in [0.15, 0.2) is 0 Å². The zero-order chi connectivity index (χ0) is 51.9. The highest BCUT2D eigenvalue weighted by Crippen LogP contribution is 2.55. The van der Waals surface area contributed by atoms with Crippen molar-refractivity contribution in [3.05, 3.63) is 107 Å². The van der Waals surface area contributed by atoms with Crippen molar-refractivity contribution in [3.8, 4) is 22.3 Å². The summed E-state index contributed by atoms with van der Waals surface area (Å²) >= 11 is 0. The summed E-state index contributed by atoms with van der Waals surface area (Å²) in [5.41, 5.74) is 13.1. The molecule has 4 aromatic carbocycles. The number of imidazole rings is 2. The van der Waals surface area contributed by atoms with E-state index in [0.29, 0.717) is 11.8 Å². The molecule has 2 saturated carbocycles. The molecule has 6 heterocycles. The molecule has 4 aliphatic heterocycles. The van der Waals surface area contributed by atoms with E-state index in [1.54, 1.807) is 0 Å². The van der Waals surface area contributed by atoms with Crippen molar-refractivity contribution in [2.75, 3.05) is 26.6 Å². The van der Waals surface area contributed by atoms with Crippen molar-refractivity contribution in [2.24, 2.45) is 35.5 Å². The van der Waals surface area contributed by atoms with Crippen molar-refractivity contribution < 1.29 is 37.4 Å². The second-order valence-corrected chi connectivity index (χ2v) is 23.0. The molecule has 12 atom stereocenters. The Morgan fingerprint density at radius 2 is 1.05 bits per heavy atom. The highest BCUT2D eigenvalue weighted by atomic mass is 19.1. The Morgan fingerprint density at radius 3 is 1.49 bits per heavy atom. The lowest BCUT2D eigenvalue weighted by molar-refractivity contribution is -0.148. The van der Waals surface area contributed by atoms with Crippen LogP contribution in [-0.2, 0) is 44.7 Å². The number of aryl methyl sites for hydroxylation is 4. The summed E-state index contributed by atoms with van der Waals surface area (Å²) in [4.78, 5) is 75.7. The molecule has 10 aliphatic rings. The summed E-state index contributed by atoms with van der Waals surface area (Å²) in [6.45, 7) is 1.85. The highest BCUT2D eigenvalue weighted by molar-refractivity contribution is 5.90. The number of aromatic amines is 2. The zero-order valence-electron chi connectivity index (χ0n) is 43.2.